The maximum atomic E-state index is 12.7. The van der Waals surface area contributed by atoms with E-state index in [2.05, 4.69) is 17.0 Å². The summed E-state index contributed by atoms with van der Waals surface area (Å²) in [7, 11) is 0. The van der Waals surface area contributed by atoms with Gasteiger partial charge in [-0.2, -0.15) is 0 Å². The Morgan fingerprint density at radius 3 is 2.68 bits per heavy atom. The molecule has 0 atom stereocenters. The minimum Gasteiger partial charge on any atom is -0.393 e. The van der Waals surface area contributed by atoms with E-state index in [4.69, 9.17) is 10.7 Å². The second-order valence-corrected chi connectivity index (χ2v) is 7.57. The molecular weight excluding hydrogens is 332 g/mol. The zero-order chi connectivity index (χ0) is 17.0. The molecule has 0 aliphatic carbocycles. The molecule has 5 nitrogen and oxygen atoms in total. The van der Waals surface area contributed by atoms with Gasteiger partial charge in [-0.3, -0.25) is 9.20 Å². The van der Waals surface area contributed by atoms with Gasteiger partial charge in [0.1, 0.15) is 16.3 Å². The molecule has 3 aromatic heterocycles. The number of piperidine rings is 1. The van der Waals surface area contributed by atoms with E-state index in [1.807, 2.05) is 28.7 Å². The first kappa shape index (κ1) is 14.7. The fraction of sp³-hybridized carbons (Fsp3) is 0.263. The van der Waals surface area contributed by atoms with E-state index in [1.165, 1.54) is 19.3 Å². The average molecular weight is 350 g/mol. The van der Waals surface area contributed by atoms with Crippen molar-refractivity contribution in [3.8, 4) is 0 Å². The molecule has 6 heteroatoms. The van der Waals surface area contributed by atoms with E-state index in [9.17, 15) is 4.79 Å². The molecule has 0 radical (unpaired) electrons. The van der Waals surface area contributed by atoms with E-state index < -0.39 is 0 Å². The van der Waals surface area contributed by atoms with E-state index in [0.717, 1.165) is 34.0 Å². The van der Waals surface area contributed by atoms with Crippen molar-refractivity contribution in [2.75, 3.05) is 23.7 Å². The minimum absolute atomic E-state index is 0.126. The zero-order valence-electron chi connectivity index (χ0n) is 13.7. The lowest BCUT2D eigenvalue weighted by atomic mass is 10.1. The molecule has 0 spiro atoms. The van der Waals surface area contributed by atoms with Crippen molar-refractivity contribution < 1.29 is 0 Å². The van der Waals surface area contributed by atoms with Crippen LogP contribution in [-0.4, -0.2) is 22.5 Å². The van der Waals surface area contributed by atoms with Gasteiger partial charge in [-0.1, -0.05) is 12.1 Å². The third-order valence-electron chi connectivity index (χ3n) is 4.99. The number of rotatable bonds is 1. The molecule has 5 rings (SSSR count). The lowest BCUT2D eigenvalue weighted by Crippen LogP contribution is -2.30. The van der Waals surface area contributed by atoms with Crippen LogP contribution in [0.2, 0.25) is 0 Å². The zero-order valence-corrected chi connectivity index (χ0v) is 14.6. The van der Waals surface area contributed by atoms with Gasteiger partial charge < -0.3 is 10.6 Å². The van der Waals surface area contributed by atoms with Crippen molar-refractivity contribution in [2.45, 2.75) is 19.3 Å². The average Bonchev–Trinajstić information content (AvgIpc) is 3.06. The molecule has 1 aliphatic rings. The van der Waals surface area contributed by atoms with Crippen LogP contribution in [0.25, 0.3) is 26.1 Å². The number of aromatic nitrogens is 2. The van der Waals surface area contributed by atoms with Gasteiger partial charge in [0, 0.05) is 13.1 Å². The van der Waals surface area contributed by atoms with Gasteiger partial charge in [0.25, 0.3) is 0 Å². The van der Waals surface area contributed by atoms with E-state index in [-0.39, 0.29) is 5.43 Å². The number of fused-ring (bicyclic) bond motifs is 5. The Morgan fingerprint density at radius 2 is 1.84 bits per heavy atom. The first-order chi connectivity index (χ1) is 12.2. The van der Waals surface area contributed by atoms with Crippen LogP contribution in [0.4, 0.5) is 11.5 Å². The van der Waals surface area contributed by atoms with Crippen LogP contribution in [0.1, 0.15) is 19.3 Å². The molecule has 0 amide bonds. The number of benzene rings is 1. The number of pyridine rings is 2. The van der Waals surface area contributed by atoms with Crippen LogP contribution in [0, 0.1) is 0 Å². The van der Waals surface area contributed by atoms with Crippen LogP contribution in [0.3, 0.4) is 0 Å². The summed E-state index contributed by atoms with van der Waals surface area (Å²) >= 11 is 1.54. The highest BCUT2D eigenvalue weighted by Gasteiger charge is 2.18. The molecule has 1 fully saturated rings. The first-order valence-corrected chi connectivity index (χ1v) is 9.43. The van der Waals surface area contributed by atoms with Crippen LogP contribution in [-0.2, 0) is 0 Å². The second kappa shape index (κ2) is 5.46. The lowest BCUT2D eigenvalue weighted by Gasteiger charge is -2.27. The molecule has 0 saturated carbocycles. The third kappa shape index (κ3) is 2.14. The SMILES string of the molecule is Nc1c(=O)c2ccc(N3CCCCC3)nc2n2c1sc1ccccc12. The Morgan fingerprint density at radius 1 is 1.04 bits per heavy atom. The third-order valence-corrected chi connectivity index (χ3v) is 6.15. The molecule has 1 aliphatic heterocycles. The lowest BCUT2D eigenvalue weighted by molar-refractivity contribution is 0.574. The molecule has 1 aromatic carbocycles. The molecule has 4 aromatic rings. The Labute approximate surface area is 148 Å². The monoisotopic (exact) mass is 350 g/mol. The van der Waals surface area contributed by atoms with Crippen molar-refractivity contribution in [1.82, 2.24) is 9.38 Å². The summed E-state index contributed by atoms with van der Waals surface area (Å²) in [4.78, 5) is 20.7. The smallest absolute Gasteiger partial charge is 0.215 e. The fourth-order valence-electron chi connectivity index (χ4n) is 3.70. The summed E-state index contributed by atoms with van der Waals surface area (Å²) in [6.07, 6.45) is 3.66. The van der Waals surface area contributed by atoms with Crippen LogP contribution >= 0.6 is 11.3 Å². The molecule has 0 bridgehead atoms. The van der Waals surface area contributed by atoms with Crippen molar-refractivity contribution in [3.05, 3.63) is 46.6 Å². The molecule has 4 heterocycles. The summed E-state index contributed by atoms with van der Waals surface area (Å²) in [6.45, 7) is 2.05. The molecule has 2 N–H and O–H groups in total. The maximum Gasteiger partial charge on any atom is 0.215 e. The van der Waals surface area contributed by atoms with Gasteiger partial charge in [-0.05, 0) is 43.5 Å². The van der Waals surface area contributed by atoms with Gasteiger partial charge in [0.05, 0.1) is 15.6 Å². The number of anilines is 2. The maximum absolute atomic E-state index is 12.7. The number of nitrogen functional groups attached to an aromatic ring is 1. The number of nitrogens with zero attached hydrogens (tertiary/aromatic N) is 3. The number of hydrogen-bond donors (Lipinski definition) is 1. The van der Waals surface area contributed by atoms with E-state index in [1.54, 1.807) is 11.3 Å². The summed E-state index contributed by atoms with van der Waals surface area (Å²) < 4.78 is 3.14. The van der Waals surface area contributed by atoms with E-state index in [0.29, 0.717) is 16.7 Å². The van der Waals surface area contributed by atoms with Gasteiger partial charge in [0.15, 0.2) is 5.65 Å². The Kier molecular flexibility index (Phi) is 3.21. The molecule has 25 heavy (non-hydrogen) atoms. The standard InChI is InChI=1S/C19H18N4OS/c20-16-17(24)12-8-9-15(22-10-4-1-5-11-22)21-18(12)23-13-6-2-3-7-14(13)25-19(16)23/h2-3,6-9H,1,4-5,10-11,20H2. The Balaban J connectivity index is 1.89. The van der Waals surface area contributed by atoms with Crippen molar-refractivity contribution in [3.63, 3.8) is 0 Å². The van der Waals surface area contributed by atoms with Crippen LogP contribution in [0.5, 0.6) is 0 Å². The number of hydrogen-bond acceptors (Lipinski definition) is 5. The molecule has 0 unspecified atom stereocenters. The Hall–Kier alpha value is -2.60. The van der Waals surface area contributed by atoms with Crippen molar-refractivity contribution in [2.24, 2.45) is 0 Å². The fourth-order valence-corrected chi connectivity index (χ4v) is 4.80. The molecular formula is C19H18N4OS. The van der Waals surface area contributed by atoms with Gasteiger partial charge in [0.2, 0.25) is 5.43 Å². The largest absolute Gasteiger partial charge is 0.393 e. The summed E-state index contributed by atoms with van der Waals surface area (Å²) in [5, 5.41) is 0.583. The second-order valence-electron chi connectivity index (χ2n) is 6.54. The topological polar surface area (TPSA) is 63.6 Å². The first-order valence-electron chi connectivity index (χ1n) is 8.61. The molecule has 126 valence electrons. The van der Waals surface area contributed by atoms with Crippen molar-refractivity contribution in [1.29, 1.82) is 0 Å². The quantitative estimate of drug-likeness (QED) is 0.569. The number of thiazole rings is 1. The normalized spacial score (nSPS) is 15.4. The highest BCUT2D eigenvalue weighted by atomic mass is 32.1. The summed E-state index contributed by atoms with van der Waals surface area (Å²) in [5.41, 5.74) is 8.10. The highest BCUT2D eigenvalue weighted by molar-refractivity contribution is 7.24. The van der Waals surface area contributed by atoms with Gasteiger partial charge in [-0.25, -0.2) is 4.98 Å². The van der Waals surface area contributed by atoms with Crippen LogP contribution in [0.15, 0.2) is 41.2 Å². The summed E-state index contributed by atoms with van der Waals surface area (Å²) in [6, 6.07) is 11.9. The Bertz CT molecular complexity index is 1170. The van der Waals surface area contributed by atoms with Crippen molar-refractivity contribution >= 4 is 48.9 Å². The van der Waals surface area contributed by atoms with Gasteiger partial charge in [-0.15, -0.1) is 11.3 Å². The number of nitrogens with two attached hydrogens (primary N) is 1. The predicted octanol–water partition coefficient (Wildman–Crippen LogP) is 3.63. The minimum atomic E-state index is -0.126. The number of para-hydroxylation sites is 1. The summed E-state index contributed by atoms with van der Waals surface area (Å²) in [5.74, 6) is 0.945. The molecule has 1 saturated heterocycles. The highest BCUT2D eigenvalue weighted by Crippen LogP contribution is 2.32. The van der Waals surface area contributed by atoms with Crippen LogP contribution < -0.4 is 16.1 Å². The van der Waals surface area contributed by atoms with E-state index >= 15 is 0 Å². The predicted molar refractivity (Wildman–Crippen MR) is 105 cm³/mol. The van der Waals surface area contributed by atoms with Gasteiger partial charge >= 0.3 is 0 Å².